The van der Waals surface area contributed by atoms with Gasteiger partial charge in [-0.15, -0.1) is 0 Å². The van der Waals surface area contributed by atoms with Crippen LogP contribution in [0.25, 0.3) is 0 Å². The predicted octanol–water partition coefficient (Wildman–Crippen LogP) is 3.38. The van der Waals surface area contributed by atoms with Crippen molar-refractivity contribution in [2.45, 2.75) is 0 Å². The van der Waals surface area contributed by atoms with Crippen LogP contribution in [0.1, 0.15) is 10.4 Å². The minimum Gasteiger partial charge on any atom is -0.423 e. The van der Waals surface area contributed by atoms with Gasteiger partial charge in [0.2, 0.25) is 0 Å². The van der Waals surface area contributed by atoms with E-state index in [0.29, 0.717) is 0 Å². The molecule has 22 heavy (non-hydrogen) atoms. The first-order valence-electron chi connectivity index (χ1n) is 5.79. The Morgan fingerprint density at radius 1 is 0.955 bits per heavy atom. The number of nitrogens with zero attached hydrogens (tertiary/aromatic N) is 2. The molecule has 0 aliphatic rings. The predicted molar refractivity (Wildman–Crippen MR) is 76.2 cm³/mol. The number of nitro groups is 2. The summed E-state index contributed by atoms with van der Waals surface area (Å²) >= 11 is 5.82. The molecule has 0 N–H and O–H groups in total. The molecule has 0 fully saturated rings. The van der Waals surface area contributed by atoms with E-state index in [4.69, 9.17) is 16.3 Å². The topological polar surface area (TPSA) is 113 Å². The van der Waals surface area contributed by atoms with E-state index >= 15 is 0 Å². The van der Waals surface area contributed by atoms with E-state index in [-0.39, 0.29) is 27.7 Å². The molecule has 0 aromatic heterocycles. The van der Waals surface area contributed by atoms with E-state index < -0.39 is 15.8 Å². The highest BCUT2D eigenvalue weighted by Crippen LogP contribution is 2.24. The first-order valence-corrected chi connectivity index (χ1v) is 6.17. The number of carbonyl (C=O) groups is 1. The second kappa shape index (κ2) is 6.19. The summed E-state index contributed by atoms with van der Waals surface area (Å²) in [5, 5.41) is 21.2. The third-order valence-corrected chi connectivity index (χ3v) is 2.97. The monoisotopic (exact) mass is 322 g/mol. The Hall–Kier alpha value is -3.00. The lowest BCUT2D eigenvalue weighted by atomic mass is 10.2. The van der Waals surface area contributed by atoms with Gasteiger partial charge in [0.15, 0.2) is 0 Å². The summed E-state index contributed by atoms with van der Waals surface area (Å²) in [5.41, 5.74) is -0.637. The van der Waals surface area contributed by atoms with Crippen molar-refractivity contribution in [1.29, 1.82) is 0 Å². The van der Waals surface area contributed by atoms with Crippen LogP contribution in [-0.4, -0.2) is 15.8 Å². The lowest BCUT2D eigenvalue weighted by molar-refractivity contribution is -0.385. The van der Waals surface area contributed by atoms with Crippen molar-refractivity contribution < 1.29 is 19.4 Å². The van der Waals surface area contributed by atoms with Crippen LogP contribution in [0, 0.1) is 20.2 Å². The van der Waals surface area contributed by atoms with Crippen LogP contribution in [-0.2, 0) is 0 Å². The van der Waals surface area contributed by atoms with Crippen molar-refractivity contribution in [2.75, 3.05) is 0 Å². The zero-order valence-corrected chi connectivity index (χ0v) is 11.5. The summed E-state index contributed by atoms with van der Waals surface area (Å²) in [6, 6.07) is 8.17. The third-order valence-electron chi connectivity index (χ3n) is 2.64. The molecule has 0 radical (unpaired) electrons. The van der Waals surface area contributed by atoms with Gasteiger partial charge in [-0.2, -0.15) is 0 Å². The molecule has 2 rings (SSSR count). The number of non-ortho nitro benzene ring substituents is 2. The standard InChI is InChI=1S/C13H7ClN2O6/c14-12-6-3-9(16(20)21)7-11(12)13(17)22-10-4-1-8(2-5-10)15(18)19/h1-7H. The molecule has 0 bridgehead atoms. The van der Waals surface area contributed by atoms with Gasteiger partial charge in [-0.25, -0.2) is 4.79 Å². The average Bonchev–Trinajstić information content (AvgIpc) is 2.47. The maximum Gasteiger partial charge on any atom is 0.345 e. The van der Waals surface area contributed by atoms with Crippen LogP contribution in [0.4, 0.5) is 11.4 Å². The first kappa shape index (κ1) is 15.4. The molecule has 9 heteroatoms. The van der Waals surface area contributed by atoms with E-state index in [1.54, 1.807) is 0 Å². The highest BCUT2D eigenvalue weighted by Gasteiger charge is 2.18. The van der Waals surface area contributed by atoms with Crippen LogP contribution in [0.3, 0.4) is 0 Å². The van der Waals surface area contributed by atoms with Gasteiger partial charge in [-0.1, -0.05) is 11.6 Å². The molecule has 2 aromatic carbocycles. The van der Waals surface area contributed by atoms with Crippen LogP contribution in [0.5, 0.6) is 5.75 Å². The van der Waals surface area contributed by atoms with Gasteiger partial charge in [0, 0.05) is 24.3 Å². The van der Waals surface area contributed by atoms with Crippen molar-refractivity contribution in [3.63, 3.8) is 0 Å². The molecule has 0 atom stereocenters. The molecular weight excluding hydrogens is 316 g/mol. The van der Waals surface area contributed by atoms with Crippen LogP contribution in [0.2, 0.25) is 5.02 Å². The van der Waals surface area contributed by atoms with Crippen molar-refractivity contribution in [3.05, 3.63) is 73.3 Å². The highest BCUT2D eigenvalue weighted by molar-refractivity contribution is 6.33. The van der Waals surface area contributed by atoms with E-state index in [2.05, 4.69) is 0 Å². The Morgan fingerprint density at radius 2 is 1.50 bits per heavy atom. The summed E-state index contributed by atoms with van der Waals surface area (Å²) in [4.78, 5) is 31.9. The van der Waals surface area contributed by atoms with E-state index in [1.165, 1.54) is 18.2 Å². The van der Waals surface area contributed by atoms with E-state index in [9.17, 15) is 25.0 Å². The summed E-state index contributed by atoms with van der Waals surface area (Å²) in [5.74, 6) is -0.847. The number of halogens is 1. The molecule has 0 saturated heterocycles. The summed E-state index contributed by atoms with van der Waals surface area (Å²) < 4.78 is 4.98. The van der Waals surface area contributed by atoms with Crippen LogP contribution >= 0.6 is 11.6 Å². The SMILES string of the molecule is O=C(Oc1ccc([N+](=O)[O-])cc1)c1cc([N+](=O)[O-])ccc1Cl. The fourth-order valence-electron chi connectivity index (χ4n) is 1.58. The average molecular weight is 323 g/mol. The van der Waals surface area contributed by atoms with E-state index in [1.807, 2.05) is 0 Å². The number of hydrogen-bond donors (Lipinski definition) is 0. The lowest BCUT2D eigenvalue weighted by Crippen LogP contribution is -2.09. The van der Waals surface area contributed by atoms with Gasteiger partial charge < -0.3 is 4.74 Å². The fraction of sp³-hybridized carbons (Fsp3) is 0. The quantitative estimate of drug-likeness (QED) is 0.369. The second-order valence-corrected chi connectivity index (χ2v) is 4.47. The summed E-state index contributed by atoms with van der Waals surface area (Å²) in [6.07, 6.45) is 0. The van der Waals surface area contributed by atoms with Gasteiger partial charge in [0.1, 0.15) is 5.75 Å². The zero-order valence-electron chi connectivity index (χ0n) is 10.8. The minimum atomic E-state index is -0.900. The second-order valence-electron chi connectivity index (χ2n) is 4.06. The number of benzene rings is 2. The number of carbonyl (C=O) groups excluding carboxylic acids is 1. The maximum atomic E-state index is 12.0. The maximum absolute atomic E-state index is 12.0. The fourth-order valence-corrected chi connectivity index (χ4v) is 1.78. The Bertz CT molecular complexity index is 760. The number of ether oxygens (including phenoxy) is 1. The van der Waals surface area contributed by atoms with Gasteiger partial charge in [-0.05, 0) is 18.2 Å². The molecule has 2 aromatic rings. The summed E-state index contributed by atoms with van der Waals surface area (Å²) in [6.45, 7) is 0. The molecule has 0 spiro atoms. The van der Waals surface area contributed by atoms with Crippen LogP contribution in [0.15, 0.2) is 42.5 Å². The van der Waals surface area contributed by atoms with Gasteiger partial charge in [0.25, 0.3) is 11.4 Å². The van der Waals surface area contributed by atoms with Crippen LogP contribution < -0.4 is 4.74 Å². The van der Waals surface area contributed by atoms with Crippen molar-refractivity contribution in [1.82, 2.24) is 0 Å². The Balaban J connectivity index is 2.23. The largest absolute Gasteiger partial charge is 0.423 e. The number of esters is 1. The third kappa shape index (κ3) is 3.36. The molecule has 8 nitrogen and oxygen atoms in total. The highest BCUT2D eigenvalue weighted by atomic mass is 35.5. The molecule has 0 unspecified atom stereocenters. The number of rotatable bonds is 4. The molecule has 0 amide bonds. The van der Waals surface area contributed by atoms with E-state index in [0.717, 1.165) is 24.3 Å². The molecular formula is C13H7ClN2O6. The molecule has 0 saturated carbocycles. The Morgan fingerprint density at radius 3 is 2.05 bits per heavy atom. The molecule has 0 heterocycles. The molecule has 0 aliphatic carbocycles. The Labute approximate surface area is 128 Å². The van der Waals surface area contributed by atoms with Gasteiger partial charge >= 0.3 is 5.97 Å². The lowest BCUT2D eigenvalue weighted by Gasteiger charge is -2.05. The first-order chi connectivity index (χ1) is 10.4. The molecule has 0 aliphatic heterocycles. The number of hydrogen-bond acceptors (Lipinski definition) is 6. The van der Waals surface area contributed by atoms with Crippen molar-refractivity contribution >= 4 is 28.9 Å². The zero-order chi connectivity index (χ0) is 16.3. The van der Waals surface area contributed by atoms with Crippen molar-refractivity contribution in [3.8, 4) is 5.75 Å². The van der Waals surface area contributed by atoms with Crippen molar-refractivity contribution in [2.24, 2.45) is 0 Å². The van der Waals surface area contributed by atoms with Gasteiger partial charge in [-0.3, -0.25) is 20.2 Å². The van der Waals surface area contributed by atoms with Gasteiger partial charge in [0.05, 0.1) is 20.4 Å². The normalized spacial score (nSPS) is 10.0. The minimum absolute atomic E-state index is 0.00230. The Kier molecular flexibility index (Phi) is 4.33. The number of nitro benzene ring substituents is 2. The smallest absolute Gasteiger partial charge is 0.345 e. The summed E-state index contributed by atoms with van der Waals surface area (Å²) in [7, 11) is 0. The molecule has 112 valence electrons.